The van der Waals surface area contributed by atoms with Gasteiger partial charge >= 0.3 is 13.4 Å². The normalized spacial score (nSPS) is 15.0. The molecule has 0 aromatic heterocycles. The summed E-state index contributed by atoms with van der Waals surface area (Å²) in [6.45, 7) is 4.25. The van der Waals surface area contributed by atoms with Crippen LogP contribution in [0.1, 0.15) is 142 Å². The van der Waals surface area contributed by atoms with Crippen molar-refractivity contribution < 1.29 is 24.2 Å². The van der Waals surface area contributed by atoms with E-state index in [0.717, 1.165) is 103 Å². The van der Waals surface area contributed by atoms with Crippen molar-refractivity contribution in [2.24, 2.45) is 5.73 Å². The Balaban J connectivity index is 4.14. The van der Waals surface area contributed by atoms with Crippen LogP contribution in [0.4, 0.5) is 0 Å². The van der Waals surface area contributed by atoms with E-state index in [0.29, 0.717) is 12.8 Å². The van der Waals surface area contributed by atoms with Crippen LogP contribution in [0, 0.1) is 0 Å². The second-order valence-electron chi connectivity index (χ2n) is 11.6. The molecule has 254 valence electrons. The van der Waals surface area contributed by atoms with Crippen LogP contribution in [0.5, 0.6) is 0 Å². The van der Waals surface area contributed by atoms with E-state index in [1.165, 1.54) is 0 Å². The summed E-state index contributed by atoms with van der Waals surface area (Å²) >= 11 is 0. The molecular weight excluding hydrogens is 581 g/mol. The third-order valence-corrected chi connectivity index (χ3v) is 8.68. The molecule has 6 nitrogen and oxygen atoms in total. The molecule has 3 atom stereocenters. The van der Waals surface area contributed by atoms with Gasteiger partial charge in [0, 0.05) is 12.8 Å². The standard InChI is InChI=1S/C38H62NO5P/c1-3-5-7-9-11-13-15-17-19-21-23-25-27-29-31-33-35(40)37(39)38(42,45(43)44)36(41)34-32-30-28-26-24-22-20-18-16-14-12-10-8-6-4-2/h5-8,11-14,17-20,37,42H,3-4,9-10,15-16,21-34,39H2,1-2H3/b7-5-,8-6-,13-11-,14-12-,19-17-,20-18-. The van der Waals surface area contributed by atoms with E-state index in [-0.39, 0.29) is 12.8 Å². The smallest absolute Gasteiger partial charge is 0.355 e. The highest BCUT2D eigenvalue weighted by molar-refractivity contribution is 7.39. The molecule has 0 bridgehead atoms. The molecule has 0 fully saturated rings. The number of rotatable bonds is 30. The minimum absolute atomic E-state index is 0.0562. The van der Waals surface area contributed by atoms with Crippen molar-refractivity contribution in [2.75, 3.05) is 0 Å². The lowest BCUT2D eigenvalue weighted by Gasteiger charge is -2.23. The third-order valence-electron chi connectivity index (χ3n) is 7.60. The van der Waals surface area contributed by atoms with Crippen LogP contribution < -0.4 is 10.6 Å². The zero-order chi connectivity index (χ0) is 33.4. The Morgan fingerprint density at radius 3 is 1.40 bits per heavy atom. The maximum Gasteiger partial charge on any atom is 0.355 e. The first kappa shape index (κ1) is 42.8. The fourth-order valence-corrected chi connectivity index (χ4v) is 5.46. The number of ketones is 2. The zero-order valence-electron chi connectivity index (χ0n) is 28.3. The van der Waals surface area contributed by atoms with E-state index >= 15 is 0 Å². The number of unbranched alkanes of at least 4 members (excludes halogenated alkanes) is 10. The van der Waals surface area contributed by atoms with Crippen LogP contribution in [0.2, 0.25) is 0 Å². The van der Waals surface area contributed by atoms with E-state index in [4.69, 9.17) is 5.73 Å². The van der Waals surface area contributed by atoms with E-state index < -0.39 is 31.0 Å². The molecule has 0 aliphatic heterocycles. The summed E-state index contributed by atoms with van der Waals surface area (Å²) < 4.78 is 11.9. The van der Waals surface area contributed by atoms with Gasteiger partial charge in [-0.25, -0.2) is 0 Å². The lowest BCUT2D eigenvalue weighted by atomic mass is 9.95. The van der Waals surface area contributed by atoms with E-state index in [1.807, 2.05) is 0 Å². The molecule has 0 amide bonds. The minimum atomic E-state index is -3.61. The number of carbonyl (C=O) groups excluding carboxylic acids is 2. The van der Waals surface area contributed by atoms with Crippen LogP contribution in [0.25, 0.3) is 0 Å². The predicted octanol–water partition coefficient (Wildman–Crippen LogP) is 9.42. The molecule has 0 radical (unpaired) electrons. The zero-order valence-corrected chi connectivity index (χ0v) is 29.1. The summed E-state index contributed by atoms with van der Waals surface area (Å²) in [7, 11) is -3.61. The molecule has 0 heterocycles. The van der Waals surface area contributed by atoms with Crippen molar-refractivity contribution >= 4 is 19.6 Å². The molecule has 0 rings (SSSR count). The van der Waals surface area contributed by atoms with E-state index in [1.54, 1.807) is 0 Å². The second kappa shape index (κ2) is 30.4. The number of allylic oxidation sites excluding steroid dienone is 12. The van der Waals surface area contributed by atoms with Crippen molar-refractivity contribution in [3.05, 3.63) is 72.9 Å². The monoisotopic (exact) mass is 643 g/mol. The van der Waals surface area contributed by atoms with Crippen molar-refractivity contribution in [1.82, 2.24) is 0 Å². The van der Waals surface area contributed by atoms with Crippen molar-refractivity contribution in [1.29, 1.82) is 0 Å². The molecule has 0 aromatic rings. The van der Waals surface area contributed by atoms with Crippen molar-refractivity contribution in [3.8, 4) is 0 Å². The van der Waals surface area contributed by atoms with Crippen LogP contribution in [0.15, 0.2) is 72.9 Å². The number of hydrogen-bond acceptors (Lipinski definition) is 6. The number of Topliss-reactive ketones (excluding diaryl/α,β-unsaturated/α-hetero) is 2. The topological polar surface area (TPSA) is 121 Å². The van der Waals surface area contributed by atoms with Crippen LogP contribution in [-0.4, -0.2) is 28.1 Å². The average molecular weight is 644 g/mol. The van der Waals surface area contributed by atoms with Gasteiger partial charge < -0.3 is 15.7 Å². The average Bonchev–Trinajstić information content (AvgIpc) is 3.03. The van der Waals surface area contributed by atoms with Gasteiger partial charge in [0.1, 0.15) is 6.04 Å². The Morgan fingerprint density at radius 2 is 0.978 bits per heavy atom. The summed E-state index contributed by atoms with van der Waals surface area (Å²) in [4.78, 5) is 37.2. The molecule has 0 aromatic carbocycles. The summed E-state index contributed by atoms with van der Waals surface area (Å²) in [5, 5.41) is 7.89. The van der Waals surface area contributed by atoms with Gasteiger partial charge in [-0.15, -0.1) is 0 Å². The molecule has 7 heteroatoms. The largest absolute Gasteiger partial charge is 0.593 e. The number of carbonyl (C=O) groups is 2. The molecule has 0 aliphatic carbocycles. The van der Waals surface area contributed by atoms with E-state index in [9.17, 15) is 24.2 Å². The fourth-order valence-electron chi connectivity index (χ4n) is 4.78. The second-order valence-corrected chi connectivity index (χ2v) is 12.7. The Bertz CT molecular complexity index is 965. The molecule has 45 heavy (non-hydrogen) atoms. The van der Waals surface area contributed by atoms with Crippen LogP contribution >= 0.6 is 8.03 Å². The van der Waals surface area contributed by atoms with Gasteiger partial charge in [-0.05, 0) is 77.0 Å². The maximum absolute atomic E-state index is 12.7. The molecule has 0 saturated carbocycles. The van der Waals surface area contributed by atoms with E-state index in [2.05, 4.69) is 86.8 Å². The maximum atomic E-state index is 12.7. The Hall–Kier alpha value is -2.24. The van der Waals surface area contributed by atoms with Crippen molar-refractivity contribution in [3.63, 3.8) is 0 Å². The number of hydrogen-bond donors (Lipinski definition) is 2. The highest BCUT2D eigenvalue weighted by Gasteiger charge is 2.56. The number of aliphatic hydroxyl groups is 1. The molecular formula is C38H62NO5P. The van der Waals surface area contributed by atoms with Gasteiger partial charge in [0.2, 0.25) is 5.78 Å². The predicted molar refractivity (Wildman–Crippen MR) is 189 cm³/mol. The van der Waals surface area contributed by atoms with Gasteiger partial charge in [-0.1, -0.05) is 130 Å². The molecule has 0 saturated heterocycles. The Morgan fingerprint density at radius 1 is 0.622 bits per heavy atom. The van der Waals surface area contributed by atoms with Gasteiger partial charge in [0.15, 0.2) is 5.78 Å². The molecule has 0 aliphatic rings. The Kier molecular flexibility index (Phi) is 28.9. The first-order valence-corrected chi connectivity index (χ1v) is 18.6. The van der Waals surface area contributed by atoms with Gasteiger partial charge in [0.05, 0.1) is 0 Å². The highest BCUT2D eigenvalue weighted by atomic mass is 31.1. The first-order chi connectivity index (χ1) is 21.8. The molecule has 0 spiro atoms. The fraction of sp³-hybridized carbons (Fsp3) is 0.632. The van der Waals surface area contributed by atoms with Crippen LogP contribution in [0.3, 0.4) is 0 Å². The third kappa shape index (κ3) is 22.8. The summed E-state index contributed by atoms with van der Waals surface area (Å²) in [6.07, 6.45) is 42.7. The van der Waals surface area contributed by atoms with Gasteiger partial charge in [-0.3, -0.25) is 9.59 Å². The summed E-state index contributed by atoms with van der Waals surface area (Å²) in [6, 6.07) is -1.75. The Labute approximate surface area is 275 Å². The quantitative estimate of drug-likeness (QED) is 0.0457. The summed E-state index contributed by atoms with van der Waals surface area (Å²) in [5.74, 6) is -1.46. The van der Waals surface area contributed by atoms with Crippen LogP contribution in [-0.2, 0) is 14.2 Å². The lowest BCUT2D eigenvalue weighted by Crippen LogP contribution is -2.56. The van der Waals surface area contributed by atoms with Gasteiger partial charge in [-0.2, -0.15) is 0 Å². The lowest BCUT2D eigenvalue weighted by molar-refractivity contribution is -0.183. The SMILES string of the molecule is CC/C=C\C/C=C\C/C=C\CCCCCCCC(=O)C(N)C(O)(C(=O)CCCCCCC/C=C\C/C=C\C/C=C\CC)[P+](=O)[O-]. The van der Waals surface area contributed by atoms with Crippen molar-refractivity contribution in [2.45, 2.75) is 154 Å². The summed E-state index contributed by atoms with van der Waals surface area (Å²) in [5.41, 5.74) is 5.88. The number of nitrogens with two attached hydrogens (primary N) is 1. The first-order valence-electron chi connectivity index (χ1n) is 17.4. The highest BCUT2D eigenvalue weighted by Crippen LogP contribution is 2.35. The minimum Gasteiger partial charge on any atom is -0.593 e. The molecule has 3 N–H and O–H groups in total. The molecule has 3 unspecified atom stereocenters. The van der Waals surface area contributed by atoms with Gasteiger partial charge in [0.25, 0.3) is 0 Å².